The molecule has 23 heavy (non-hydrogen) atoms. The van der Waals surface area contributed by atoms with E-state index >= 15 is 0 Å². The summed E-state index contributed by atoms with van der Waals surface area (Å²) >= 11 is 0. The minimum atomic E-state index is -0.795. The summed E-state index contributed by atoms with van der Waals surface area (Å²) in [5.41, 5.74) is 0.402. The molecule has 118 valence electrons. The summed E-state index contributed by atoms with van der Waals surface area (Å²) in [5.74, 6) is -0.741. The van der Waals surface area contributed by atoms with Gasteiger partial charge in [-0.2, -0.15) is 0 Å². The van der Waals surface area contributed by atoms with Crippen LogP contribution in [0.3, 0.4) is 0 Å². The van der Waals surface area contributed by atoms with Crippen LogP contribution in [-0.4, -0.2) is 23.4 Å². The number of Topliss-reactive ketones (excluding diaryl/α,β-unsaturated/α-hetero) is 1. The Labute approximate surface area is 132 Å². The normalized spacial score (nSPS) is 19.6. The Morgan fingerprint density at radius 1 is 1.26 bits per heavy atom. The molecule has 0 radical (unpaired) electrons. The molecule has 0 saturated carbocycles. The smallest absolute Gasteiger partial charge is 0.293 e. The molecular weight excluding hydrogens is 298 g/mol. The maximum Gasteiger partial charge on any atom is 0.293 e. The highest BCUT2D eigenvalue weighted by atomic mass is 16.5. The van der Waals surface area contributed by atoms with Crippen LogP contribution in [0.1, 0.15) is 24.3 Å². The van der Waals surface area contributed by atoms with E-state index < -0.39 is 17.7 Å². The molecular formula is C17H15NO5. The first kappa shape index (κ1) is 14.9. The molecule has 1 amide bonds. The SMILES string of the molecule is CCOc1ccc(C(O)=C2C(=O)C(=O)N[C@@H]2c2ccco2)cc1. The maximum atomic E-state index is 12.1. The standard InChI is InChI=1S/C17H15NO5/c1-2-22-11-7-5-10(6-8-11)15(19)13-14(12-4-3-9-23-12)18-17(21)16(13)20/h3-9,14,19H,2H2,1H3,(H,18,21)/t14-/m1/s1. The van der Waals surface area contributed by atoms with Crippen molar-refractivity contribution < 1.29 is 23.8 Å². The zero-order chi connectivity index (χ0) is 16.4. The summed E-state index contributed by atoms with van der Waals surface area (Å²) in [6, 6.07) is 9.12. The lowest BCUT2D eigenvalue weighted by atomic mass is 10.00. The molecule has 1 aromatic heterocycles. The third-order valence-electron chi connectivity index (χ3n) is 3.54. The highest BCUT2D eigenvalue weighted by Crippen LogP contribution is 2.33. The maximum absolute atomic E-state index is 12.1. The quantitative estimate of drug-likeness (QED) is 0.514. The summed E-state index contributed by atoms with van der Waals surface area (Å²) in [7, 11) is 0. The summed E-state index contributed by atoms with van der Waals surface area (Å²) in [6.07, 6.45) is 1.44. The van der Waals surface area contributed by atoms with Crippen molar-refractivity contribution in [1.29, 1.82) is 0 Å². The summed E-state index contributed by atoms with van der Waals surface area (Å²) in [6.45, 7) is 2.40. The number of benzene rings is 1. The van der Waals surface area contributed by atoms with E-state index in [2.05, 4.69) is 5.32 Å². The number of nitrogens with one attached hydrogen (secondary N) is 1. The number of aliphatic hydroxyl groups excluding tert-OH is 1. The van der Waals surface area contributed by atoms with Gasteiger partial charge in [0.15, 0.2) is 0 Å². The van der Waals surface area contributed by atoms with E-state index in [9.17, 15) is 14.7 Å². The Morgan fingerprint density at radius 2 is 2.00 bits per heavy atom. The van der Waals surface area contributed by atoms with Crippen LogP contribution < -0.4 is 10.1 Å². The van der Waals surface area contributed by atoms with Gasteiger partial charge >= 0.3 is 0 Å². The third kappa shape index (κ3) is 2.70. The van der Waals surface area contributed by atoms with Crippen molar-refractivity contribution in [3.8, 4) is 5.75 Å². The van der Waals surface area contributed by atoms with Gasteiger partial charge in [0.1, 0.15) is 23.3 Å². The first-order valence-corrected chi connectivity index (χ1v) is 7.16. The highest BCUT2D eigenvalue weighted by Gasteiger charge is 2.40. The predicted octanol–water partition coefficient (Wildman–Crippen LogP) is 2.39. The lowest BCUT2D eigenvalue weighted by Gasteiger charge is -2.11. The molecule has 1 atom stereocenters. The first-order chi connectivity index (χ1) is 11.1. The second-order valence-corrected chi connectivity index (χ2v) is 4.97. The minimum Gasteiger partial charge on any atom is -0.507 e. The van der Waals surface area contributed by atoms with Gasteiger partial charge in [-0.1, -0.05) is 0 Å². The average molecular weight is 313 g/mol. The van der Waals surface area contributed by atoms with E-state index in [-0.39, 0.29) is 11.3 Å². The largest absolute Gasteiger partial charge is 0.507 e. The van der Waals surface area contributed by atoms with Crippen LogP contribution in [0.15, 0.2) is 52.7 Å². The van der Waals surface area contributed by atoms with Gasteiger partial charge in [-0.15, -0.1) is 0 Å². The number of rotatable bonds is 4. The monoisotopic (exact) mass is 313 g/mol. The Kier molecular flexibility index (Phi) is 3.89. The summed E-state index contributed by atoms with van der Waals surface area (Å²) in [4.78, 5) is 23.8. The molecule has 0 spiro atoms. The Bertz CT molecular complexity index is 759. The first-order valence-electron chi connectivity index (χ1n) is 7.16. The second-order valence-electron chi connectivity index (χ2n) is 4.97. The van der Waals surface area contributed by atoms with Crippen molar-refractivity contribution in [3.63, 3.8) is 0 Å². The molecule has 6 heteroatoms. The van der Waals surface area contributed by atoms with Crippen LogP contribution in [0.4, 0.5) is 0 Å². The molecule has 2 N–H and O–H groups in total. The Morgan fingerprint density at radius 3 is 2.61 bits per heavy atom. The van der Waals surface area contributed by atoms with Crippen molar-refractivity contribution in [1.82, 2.24) is 5.32 Å². The molecule has 1 aliphatic heterocycles. The fraction of sp³-hybridized carbons (Fsp3) is 0.176. The van der Waals surface area contributed by atoms with Gasteiger partial charge in [0.2, 0.25) is 0 Å². The van der Waals surface area contributed by atoms with Gasteiger partial charge in [0, 0.05) is 5.56 Å². The van der Waals surface area contributed by atoms with Crippen LogP contribution in [-0.2, 0) is 9.59 Å². The van der Waals surface area contributed by atoms with Gasteiger partial charge < -0.3 is 19.6 Å². The third-order valence-corrected chi connectivity index (χ3v) is 3.54. The van der Waals surface area contributed by atoms with Crippen LogP contribution in [0.5, 0.6) is 5.75 Å². The average Bonchev–Trinajstić information content (AvgIpc) is 3.17. The molecule has 1 aliphatic rings. The topological polar surface area (TPSA) is 88.8 Å². The van der Waals surface area contributed by atoms with E-state index in [4.69, 9.17) is 9.15 Å². The van der Waals surface area contributed by atoms with Crippen molar-refractivity contribution in [2.75, 3.05) is 6.61 Å². The molecule has 1 fully saturated rings. The highest BCUT2D eigenvalue weighted by molar-refractivity contribution is 6.46. The van der Waals surface area contributed by atoms with Gasteiger partial charge in [0.05, 0.1) is 18.4 Å². The summed E-state index contributed by atoms with van der Waals surface area (Å²) < 4.78 is 10.6. The van der Waals surface area contributed by atoms with Gasteiger partial charge in [-0.05, 0) is 43.3 Å². The minimum absolute atomic E-state index is 0.0193. The molecule has 3 rings (SSSR count). The number of ether oxygens (including phenoxy) is 1. The van der Waals surface area contributed by atoms with E-state index in [0.29, 0.717) is 23.7 Å². The molecule has 1 aromatic carbocycles. The number of ketones is 1. The fourth-order valence-electron chi connectivity index (χ4n) is 2.47. The van der Waals surface area contributed by atoms with Crippen molar-refractivity contribution in [3.05, 3.63) is 59.6 Å². The number of carbonyl (C=O) groups is 2. The van der Waals surface area contributed by atoms with Crippen molar-refractivity contribution in [2.45, 2.75) is 13.0 Å². The van der Waals surface area contributed by atoms with E-state index in [0.717, 1.165) is 0 Å². The molecule has 2 heterocycles. The van der Waals surface area contributed by atoms with Crippen molar-refractivity contribution in [2.24, 2.45) is 0 Å². The van der Waals surface area contributed by atoms with Crippen LogP contribution >= 0.6 is 0 Å². The molecule has 0 unspecified atom stereocenters. The number of hydrogen-bond acceptors (Lipinski definition) is 5. The van der Waals surface area contributed by atoms with Gasteiger partial charge in [0.25, 0.3) is 11.7 Å². The van der Waals surface area contributed by atoms with Crippen LogP contribution in [0.25, 0.3) is 5.76 Å². The zero-order valence-electron chi connectivity index (χ0n) is 12.4. The second kappa shape index (κ2) is 6.00. The fourth-order valence-corrected chi connectivity index (χ4v) is 2.47. The number of aliphatic hydroxyl groups is 1. The van der Waals surface area contributed by atoms with E-state index in [1.54, 1.807) is 36.4 Å². The van der Waals surface area contributed by atoms with Gasteiger partial charge in [-0.3, -0.25) is 9.59 Å². The number of carbonyl (C=O) groups excluding carboxylic acids is 2. The van der Waals surface area contributed by atoms with Gasteiger partial charge in [-0.25, -0.2) is 0 Å². The molecule has 6 nitrogen and oxygen atoms in total. The van der Waals surface area contributed by atoms with Crippen LogP contribution in [0.2, 0.25) is 0 Å². The Hall–Kier alpha value is -3.02. The van der Waals surface area contributed by atoms with Crippen molar-refractivity contribution >= 4 is 17.4 Å². The molecule has 0 bridgehead atoms. The zero-order valence-corrected chi connectivity index (χ0v) is 12.4. The van der Waals surface area contributed by atoms with Crippen LogP contribution in [0, 0.1) is 0 Å². The lowest BCUT2D eigenvalue weighted by molar-refractivity contribution is -0.133. The molecule has 1 saturated heterocycles. The predicted molar refractivity (Wildman–Crippen MR) is 81.8 cm³/mol. The number of amides is 1. The number of furan rings is 1. The Balaban J connectivity index is 2.02. The summed E-state index contributed by atoms with van der Waals surface area (Å²) in [5, 5.41) is 13.0. The molecule has 2 aromatic rings. The lowest BCUT2D eigenvalue weighted by Crippen LogP contribution is -2.20. The van der Waals surface area contributed by atoms with E-state index in [1.807, 2.05) is 6.92 Å². The number of hydrogen-bond donors (Lipinski definition) is 2. The van der Waals surface area contributed by atoms with E-state index in [1.165, 1.54) is 6.26 Å². The molecule has 0 aliphatic carbocycles.